The number of allylic oxidation sites excluding steroid dienone is 1. The molecule has 1 aliphatic rings. The maximum Gasteiger partial charge on any atom is 0.205 e. The van der Waals surface area contributed by atoms with Crippen LogP contribution in [0.4, 0.5) is 8.78 Å². The molecule has 0 fully saturated rings. The van der Waals surface area contributed by atoms with E-state index in [-0.39, 0.29) is 28.5 Å². The highest BCUT2D eigenvalue weighted by atomic mass is 19.1. The molecule has 2 aromatic carbocycles. The Labute approximate surface area is 124 Å². The van der Waals surface area contributed by atoms with Crippen molar-refractivity contribution < 1.29 is 18.6 Å². The van der Waals surface area contributed by atoms with E-state index in [1.165, 1.54) is 18.2 Å². The van der Waals surface area contributed by atoms with Crippen molar-refractivity contribution >= 4 is 0 Å². The highest BCUT2D eigenvalue weighted by Crippen LogP contribution is 2.43. The van der Waals surface area contributed by atoms with Gasteiger partial charge in [0.2, 0.25) is 5.88 Å². The fraction of sp³-hybridized carbons (Fsp3) is 0.0625. The molecule has 1 heterocycles. The van der Waals surface area contributed by atoms with Crippen LogP contribution >= 0.6 is 0 Å². The van der Waals surface area contributed by atoms with Gasteiger partial charge in [0.25, 0.3) is 0 Å². The van der Waals surface area contributed by atoms with Gasteiger partial charge < -0.3 is 15.6 Å². The van der Waals surface area contributed by atoms with Crippen molar-refractivity contribution in [2.75, 3.05) is 0 Å². The van der Waals surface area contributed by atoms with E-state index in [1.54, 1.807) is 0 Å². The predicted octanol–water partition coefficient (Wildman–Crippen LogP) is 2.89. The van der Waals surface area contributed by atoms with Gasteiger partial charge >= 0.3 is 0 Å². The summed E-state index contributed by atoms with van der Waals surface area (Å²) in [6.45, 7) is 0. The van der Waals surface area contributed by atoms with Crippen LogP contribution in [0.5, 0.6) is 11.5 Å². The monoisotopic (exact) mass is 300 g/mol. The number of nitrogens with two attached hydrogens (primary N) is 1. The highest BCUT2D eigenvalue weighted by molar-refractivity contribution is 5.57. The summed E-state index contributed by atoms with van der Waals surface area (Å²) in [5.41, 5.74) is 6.10. The van der Waals surface area contributed by atoms with E-state index >= 15 is 0 Å². The minimum Gasteiger partial charge on any atom is -0.508 e. The Bertz CT molecular complexity index is 841. The van der Waals surface area contributed by atoms with Crippen LogP contribution in [0, 0.1) is 23.0 Å². The Morgan fingerprint density at radius 1 is 1.14 bits per heavy atom. The first kappa shape index (κ1) is 13.9. The molecule has 0 saturated heterocycles. The van der Waals surface area contributed by atoms with Gasteiger partial charge in [0.1, 0.15) is 34.8 Å². The number of benzene rings is 2. The number of halogens is 2. The number of aromatic hydroxyl groups is 1. The normalized spacial score (nSPS) is 16.7. The van der Waals surface area contributed by atoms with Crippen molar-refractivity contribution in [1.82, 2.24) is 0 Å². The summed E-state index contributed by atoms with van der Waals surface area (Å²) < 4.78 is 32.9. The molecule has 3 rings (SSSR count). The van der Waals surface area contributed by atoms with Crippen LogP contribution in [0.15, 0.2) is 47.9 Å². The molecular formula is C16H10F2N2O2. The van der Waals surface area contributed by atoms with E-state index in [2.05, 4.69) is 0 Å². The molecule has 2 aromatic rings. The Morgan fingerprint density at radius 3 is 2.64 bits per heavy atom. The van der Waals surface area contributed by atoms with Crippen LogP contribution in [0.2, 0.25) is 0 Å². The van der Waals surface area contributed by atoms with E-state index in [1.807, 2.05) is 6.07 Å². The lowest BCUT2D eigenvalue weighted by Gasteiger charge is -2.26. The lowest BCUT2D eigenvalue weighted by atomic mass is 9.83. The fourth-order valence-corrected chi connectivity index (χ4v) is 2.50. The maximum atomic E-state index is 14.1. The molecule has 0 aliphatic carbocycles. The molecule has 0 unspecified atom stereocenters. The fourth-order valence-electron chi connectivity index (χ4n) is 2.50. The number of nitriles is 1. The van der Waals surface area contributed by atoms with Gasteiger partial charge in [0, 0.05) is 17.2 Å². The van der Waals surface area contributed by atoms with Crippen molar-refractivity contribution in [2.45, 2.75) is 5.92 Å². The van der Waals surface area contributed by atoms with Crippen LogP contribution in [-0.4, -0.2) is 5.11 Å². The Hall–Kier alpha value is -3.07. The third-order valence-corrected chi connectivity index (χ3v) is 3.47. The zero-order valence-electron chi connectivity index (χ0n) is 11.2. The molecule has 6 heteroatoms. The lowest BCUT2D eigenvalue weighted by Crippen LogP contribution is -2.21. The largest absolute Gasteiger partial charge is 0.508 e. The summed E-state index contributed by atoms with van der Waals surface area (Å²) in [6.07, 6.45) is 0. The Balaban J connectivity index is 2.28. The van der Waals surface area contributed by atoms with Gasteiger partial charge in [0.15, 0.2) is 0 Å². The summed E-state index contributed by atoms with van der Waals surface area (Å²) in [4.78, 5) is 0. The summed E-state index contributed by atoms with van der Waals surface area (Å²) in [5.74, 6) is -2.25. The predicted molar refractivity (Wildman–Crippen MR) is 73.8 cm³/mol. The Kier molecular flexibility index (Phi) is 3.18. The average molecular weight is 300 g/mol. The molecule has 4 nitrogen and oxygen atoms in total. The van der Waals surface area contributed by atoms with Crippen molar-refractivity contribution in [3.8, 4) is 17.6 Å². The van der Waals surface area contributed by atoms with E-state index in [4.69, 9.17) is 10.5 Å². The SMILES string of the molecule is N#CC1=C(N)Oc2cc(O)ccc2[C@@H]1c1cc(F)ccc1F. The first-order valence-electron chi connectivity index (χ1n) is 6.36. The zero-order valence-corrected chi connectivity index (χ0v) is 11.2. The third kappa shape index (κ3) is 2.13. The summed E-state index contributed by atoms with van der Waals surface area (Å²) in [6, 6.07) is 9.06. The number of ether oxygens (including phenoxy) is 1. The molecular weight excluding hydrogens is 290 g/mol. The number of hydrogen-bond acceptors (Lipinski definition) is 4. The van der Waals surface area contributed by atoms with Crippen LogP contribution in [0.1, 0.15) is 17.0 Å². The van der Waals surface area contributed by atoms with Gasteiger partial charge in [-0.05, 0) is 24.3 Å². The van der Waals surface area contributed by atoms with Gasteiger partial charge in [-0.3, -0.25) is 0 Å². The second-order valence-electron chi connectivity index (χ2n) is 4.81. The highest BCUT2D eigenvalue weighted by Gasteiger charge is 2.32. The molecule has 22 heavy (non-hydrogen) atoms. The number of nitrogens with zero attached hydrogens (tertiary/aromatic N) is 1. The van der Waals surface area contributed by atoms with Gasteiger partial charge in [-0.25, -0.2) is 8.78 Å². The second kappa shape index (κ2) is 5.04. The molecule has 1 atom stereocenters. The van der Waals surface area contributed by atoms with Crippen LogP contribution in [-0.2, 0) is 0 Å². The molecule has 0 aromatic heterocycles. The van der Waals surface area contributed by atoms with Crippen molar-refractivity contribution in [3.63, 3.8) is 0 Å². The number of fused-ring (bicyclic) bond motifs is 1. The van der Waals surface area contributed by atoms with E-state index in [0.717, 1.165) is 18.2 Å². The van der Waals surface area contributed by atoms with Gasteiger partial charge in [0.05, 0.1) is 5.92 Å². The van der Waals surface area contributed by atoms with E-state index < -0.39 is 17.6 Å². The van der Waals surface area contributed by atoms with E-state index in [9.17, 15) is 19.1 Å². The molecule has 0 spiro atoms. The standard InChI is InChI=1S/C16H10F2N2O2/c17-8-1-4-13(18)11(5-8)15-10-3-2-9(21)6-14(10)22-16(20)12(15)7-19/h1-6,15,21H,20H2/t15-/m1/s1. The number of phenols is 1. The number of phenolic OH excluding ortho intramolecular Hbond substituents is 1. The second-order valence-corrected chi connectivity index (χ2v) is 4.81. The smallest absolute Gasteiger partial charge is 0.205 e. The van der Waals surface area contributed by atoms with Crippen LogP contribution in [0.25, 0.3) is 0 Å². The quantitative estimate of drug-likeness (QED) is 0.848. The topological polar surface area (TPSA) is 79.3 Å². The first-order chi connectivity index (χ1) is 10.5. The zero-order chi connectivity index (χ0) is 15.9. The molecule has 0 bridgehead atoms. The first-order valence-corrected chi connectivity index (χ1v) is 6.36. The van der Waals surface area contributed by atoms with Gasteiger partial charge in [-0.2, -0.15) is 5.26 Å². The summed E-state index contributed by atoms with van der Waals surface area (Å²) in [5, 5.41) is 18.8. The van der Waals surface area contributed by atoms with E-state index in [0.29, 0.717) is 5.56 Å². The molecule has 1 aliphatic heterocycles. The molecule has 0 saturated carbocycles. The lowest BCUT2D eigenvalue weighted by molar-refractivity contribution is 0.387. The maximum absolute atomic E-state index is 14.1. The van der Waals surface area contributed by atoms with Crippen LogP contribution < -0.4 is 10.5 Å². The van der Waals surface area contributed by atoms with Gasteiger partial charge in [-0.15, -0.1) is 0 Å². The van der Waals surface area contributed by atoms with Crippen molar-refractivity contribution in [1.29, 1.82) is 5.26 Å². The van der Waals surface area contributed by atoms with Gasteiger partial charge in [-0.1, -0.05) is 6.07 Å². The summed E-state index contributed by atoms with van der Waals surface area (Å²) >= 11 is 0. The molecule has 0 amide bonds. The molecule has 0 radical (unpaired) electrons. The number of hydrogen-bond donors (Lipinski definition) is 2. The van der Waals surface area contributed by atoms with Crippen LogP contribution in [0.3, 0.4) is 0 Å². The summed E-state index contributed by atoms with van der Waals surface area (Å²) in [7, 11) is 0. The Morgan fingerprint density at radius 2 is 1.91 bits per heavy atom. The average Bonchev–Trinajstić information content (AvgIpc) is 2.48. The third-order valence-electron chi connectivity index (χ3n) is 3.47. The molecule has 110 valence electrons. The van der Waals surface area contributed by atoms with Crippen molar-refractivity contribution in [2.24, 2.45) is 5.73 Å². The van der Waals surface area contributed by atoms with Crippen molar-refractivity contribution in [3.05, 3.63) is 70.6 Å². The molecule has 3 N–H and O–H groups in total. The number of rotatable bonds is 1. The minimum atomic E-state index is -0.898. The minimum absolute atomic E-state index is 0.0114.